The Bertz CT molecular complexity index is 1150. The summed E-state index contributed by atoms with van der Waals surface area (Å²) in [7, 11) is 0. The largest absolute Gasteiger partial charge is 0.369 e. The minimum atomic E-state index is -0.410. The Morgan fingerprint density at radius 3 is 2.75 bits per heavy atom. The second kappa shape index (κ2) is 9.96. The number of nitrogens with zero attached hydrogens (tertiary/aromatic N) is 3. The number of halogens is 2. The quantitative estimate of drug-likeness (QED) is 0.617. The zero-order valence-corrected chi connectivity index (χ0v) is 18.3. The zero-order chi connectivity index (χ0) is 22.5. The average molecular weight is 455 g/mol. The van der Waals surface area contributed by atoms with Crippen molar-refractivity contribution in [3.63, 3.8) is 0 Å². The van der Waals surface area contributed by atoms with Gasteiger partial charge in [0, 0.05) is 30.7 Å². The monoisotopic (exact) mass is 454 g/mol. The fraction of sp³-hybridized carbons (Fsp3) is 0.292. The van der Waals surface area contributed by atoms with Crippen molar-refractivity contribution in [2.24, 2.45) is 5.92 Å². The van der Waals surface area contributed by atoms with E-state index in [9.17, 15) is 14.0 Å². The van der Waals surface area contributed by atoms with E-state index in [0.29, 0.717) is 18.7 Å². The molecule has 8 heteroatoms. The number of hydrogen-bond donors (Lipinski definition) is 1. The number of rotatable bonds is 6. The molecule has 0 radical (unpaired) electrons. The molecule has 2 heterocycles. The van der Waals surface area contributed by atoms with Crippen LogP contribution in [0, 0.1) is 11.7 Å². The molecule has 0 saturated carbocycles. The van der Waals surface area contributed by atoms with Crippen molar-refractivity contribution < 1.29 is 9.18 Å². The van der Waals surface area contributed by atoms with E-state index in [1.165, 1.54) is 16.8 Å². The summed E-state index contributed by atoms with van der Waals surface area (Å²) in [4.78, 5) is 27.3. The summed E-state index contributed by atoms with van der Waals surface area (Å²) in [6.45, 7) is 1.92. The molecule has 2 aromatic carbocycles. The van der Waals surface area contributed by atoms with Crippen molar-refractivity contribution in [1.29, 1.82) is 0 Å². The Morgan fingerprint density at radius 2 is 2.00 bits per heavy atom. The van der Waals surface area contributed by atoms with Crippen molar-refractivity contribution in [1.82, 2.24) is 15.1 Å². The summed E-state index contributed by atoms with van der Waals surface area (Å²) in [5, 5.41) is 7.51. The molecule has 0 aliphatic carbocycles. The van der Waals surface area contributed by atoms with Crippen LogP contribution in [0.2, 0.25) is 5.02 Å². The van der Waals surface area contributed by atoms with Gasteiger partial charge in [-0.25, -0.2) is 9.07 Å². The van der Waals surface area contributed by atoms with E-state index in [-0.39, 0.29) is 29.0 Å². The van der Waals surface area contributed by atoms with Gasteiger partial charge >= 0.3 is 0 Å². The fourth-order valence-electron chi connectivity index (χ4n) is 3.89. The molecule has 1 aliphatic heterocycles. The van der Waals surface area contributed by atoms with Crippen LogP contribution in [-0.2, 0) is 17.9 Å². The van der Waals surface area contributed by atoms with E-state index < -0.39 is 5.82 Å². The smallest absolute Gasteiger partial charge is 0.269 e. The first-order valence-corrected chi connectivity index (χ1v) is 10.9. The second-order valence-corrected chi connectivity index (χ2v) is 8.34. The summed E-state index contributed by atoms with van der Waals surface area (Å²) in [6, 6.07) is 15.4. The molecule has 1 N–H and O–H groups in total. The van der Waals surface area contributed by atoms with Crippen LogP contribution in [0.4, 0.5) is 10.1 Å². The van der Waals surface area contributed by atoms with E-state index in [0.717, 1.165) is 30.6 Å². The van der Waals surface area contributed by atoms with Crippen molar-refractivity contribution >= 4 is 23.2 Å². The molecule has 0 unspecified atom stereocenters. The van der Waals surface area contributed by atoms with Crippen LogP contribution >= 0.6 is 11.6 Å². The SMILES string of the molecule is O=C(NCc1ccc(F)cc1Cl)[C@H]1CCCN(c2cnn(Cc3ccccc3)c(=O)c2)C1. The van der Waals surface area contributed by atoms with E-state index in [1.807, 2.05) is 35.2 Å². The van der Waals surface area contributed by atoms with Gasteiger partial charge in [-0.15, -0.1) is 0 Å². The number of benzene rings is 2. The molecule has 1 aliphatic rings. The Kier molecular flexibility index (Phi) is 6.85. The Balaban J connectivity index is 1.38. The van der Waals surface area contributed by atoms with Gasteiger partial charge in [-0.2, -0.15) is 5.10 Å². The number of hydrogen-bond acceptors (Lipinski definition) is 4. The summed E-state index contributed by atoms with van der Waals surface area (Å²) < 4.78 is 14.6. The second-order valence-electron chi connectivity index (χ2n) is 7.93. The molecule has 32 heavy (non-hydrogen) atoms. The molecular formula is C24H24ClFN4O2. The predicted octanol–water partition coefficient (Wildman–Crippen LogP) is 3.62. The van der Waals surface area contributed by atoms with Crippen LogP contribution in [0.15, 0.2) is 65.6 Å². The Hall–Kier alpha value is -3.19. The van der Waals surface area contributed by atoms with Crippen LogP contribution in [0.1, 0.15) is 24.0 Å². The van der Waals surface area contributed by atoms with E-state index in [4.69, 9.17) is 11.6 Å². The highest BCUT2D eigenvalue weighted by molar-refractivity contribution is 6.31. The van der Waals surface area contributed by atoms with Crippen LogP contribution in [0.3, 0.4) is 0 Å². The van der Waals surface area contributed by atoms with Crippen LogP contribution < -0.4 is 15.8 Å². The molecule has 6 nitrogen and oxygen atoms in total. The van der Waals surface area contributed by atoms with Crippen molar-refractivity contribution in [2.75, 3.05) is 18.0 Å². The lowest BCUT2D eigenvalue weighted by Gasteiger charge is -2.33. The molecule has 0 spiro atoms. The van der Waals surface area contributed by atoms with Gasteiger partial charge in [0.05, 0.1) is 24.3 Å². The maximum Gasteiger partial charge on any atom is 0.269 e. The Labute approximate surface area is 190 Å². The van der Waals surface area contributed by atoms with E-state index >= 15 is 0 Å². The molecule has 166 valence electrons. The molecule has 1 atom stereocenters. The lowest BCUT2D eigenvalue weighted by Crippen LogP contribution is -2.43. The minimum absolute atomic E-state index is 0.0829. The summed E-state index contributed by atoms with van der Waals surface area (Å²) in [6.07, 6.45) is 3.28. The summed E-state index contributed by atoms with van der Waals surface area (Å²) in [5.41, 5.74) is 2.22. The number of anilines is 1. The van der Waals surface area contributed by atoms with Crippen molar-refractivity contribution in [3.8, 4) is 0 Å². The highest BCUT2D eigenvalue weighted by atomic mass is 35.5. The number of amides is 1. The topological polar surface area (TPSA) is 67.2 Å². The van der Waals surface area contributed by atoms with E-state index in [2.05, 4.69) is 10.4 Å². The molecule has 1 aromatic heterocycles. The standard InChI is InChI=1S/C24H24ClFN4O2/c25-22-11-20(26)9-8-18(22)13-27-24(32)19-7-4-10-29(16-19)21-12-23(31)30(28-14-21)15-17-5-2-1-3-6-17/h1-3,5-6,8-9,11-12,14,19H,4,7,10,13,15-16H2,(H,27,32)/t19-/m0/s1. The lowest BCUT2D eigenvalue weighted by molar-refractivity contribution is -0.125. The molecule has 4 rings (SSSR count). The first-order valence-electron chi connectivity index (χ1n) is 10.6. The van der Waals surface area contributed by atoms with Crippen LogP contribution in [-0.4, -0.2) is 28.8 Å². The molecule has 1 amide bonds. The number of aromatic nitrogens is 2. The molecule has 3 aromatic rings. The first-order chi connectivity index (χ1) is 15.5. The molecule has 1 saturated heterocycles. The van der Waals surface area contributed by atoms with Crippen LogP contribution in [0.5, 0.6) is 0 Å². The van der Waals surface area contributed by atoms with Gasteiger partial charge in [-0.1, -0.05) is 48.0 Å². The third kappa shape index (κ3) is 5.34. The highest BCUT2D eigenvalue weighted by Gasteiger charge is 2.26. The predicted molar refractivity (Wildman–Crippen MR) is 122 cm³/mol. The average Bonchev–Trinajstić information content (AvgIpc) is 2.80. The maximum absolute atomic E-state index is 13.2. The van der Waals surface area contributed by atoms with Gasteiger partial charge in [0.15, 0.2) is 0 Å². The van der Waals surface area contributed by atoms with Crippen molar-refractivity contribution in [3.05, 3.63) is 93.1 Å². The number of piperidine rings is 1. The summed E-state index contributed by atoms with van der Waals surface area (Å²) in [5.74, 6) is -0.706. The number of nitrogens with one attached hydrogen (secondary N) is 1. The van der Waals surface area contributed by atoms with Crippen molar-refractivity contribution in [2.45, 2.75) is 25.9 Å². The molecule has 1 fully saturated rings. The Morgan fingerprint density at radius 1 is 1.19 bits per heavy atom. The van der Waals surface area contributed by atoms with E-state index in [1.54, 1.807) is 18.3 Å². The number of carbonyl (C=O) groups excluding carboxylic acids is 1. The fourth-order valence-corrected chi connectivity index (χ4v) is 4.12. The van der Waals surface area contributed by atoms with Gasteiger partial charge in [0.1, 0.15) is 5.82 Å². The molecule has 0 bridgehead atoms. The van der Waals surface area contributed by atoms with Gasteiger partial charge < -0.3 is 10.2 Å². The lowest BCUT2D eigenvalue weighted by atomic mass is 9.96. The third-order valence-electron chi connectivity index (χ3n) is 5.66. The minimum Gasteiger partial charge on any atom is -0.369 e. The third-order valence-corrected chi connectivity index (χ3v) is 6.01. The number of carbonyl (C=O) groups is 1. The van der Waals surface area contributed by atoms with Gasteiger partial charge in [0.25, 0.3) is 5.56 Å². The first kappa shape index (κ1) is 22.0. The summed E-state index contributed by atoms with van der Waals surface area (Å²) >= 11 is 6.04. The van der Waals surface area contributed by atoms with Crippen LogP contribution in [0.25, 0.3) is 0 Å². The van der Waals surface area contributed by atoms with Gasteiger partial charge in [0.2, 0.25) is 5.91 Å². The highest BCUT2D eigenvalue weighted by Crippen LogP contribution is 2.22. The normalized spacial score (nSPS) is 16.1. The maximum atomic E-state index is 13.2. The zero-order valence-electron chi connectivity index (χ0n) is 17.5. The van der Waals surface area contributed by atoms with Gasteiger partial charge in [-0.3, -0.25) is 9.59 Å². The van der Waals surface area contributed by atoms with Gasteiger partial charge in [-0.05, 0) is 36.1 Å². The molecular weight excluding hydrogens is 431 g/mol.